The van der Waals surface area contributed by atoms with Crippen molar-refractivity contribution in [2.45, 2.75) is 522 Å². The first-order valence-electron chi connectivity index (χ1n) is 52.1. The number of hydrogen-bond acceptors (Lipinski definition) is 0. The molecule has 7 atom stereocenters. The fourth-order valence-electron chi connectivity index (χ4n) is 16.9. The van der Waals surface area contributed by atoms with Gasteiger partial charge in [0.2, 0.25) is 0 Å². The Balaban J connectivity index is -0.000000707. The predicted molar refractivity (Wildman–Crippen MR) is 556 cm³/mol. The summed E-state index contributed by atoms with van der Waals surface area (Å²) in [4.78, 5) is 0. The van der Waals surface area contributed by atoms with E-state index in [4.69, 9.17) is 0 Å². The Morgan fingerprint density at radius 3 is 0.824 bits per heavy atom. The van der Waals surface area contributed by atoms with E-state index in [2.05, 4.69) is 239 Å². The van der Waals surface area contributed by atoms with Crippen LogP contribution in [0, 0.1) is 53.3 Å². The number of hydrogen-bond donors (Lipinski definition) is 0. The number of rotatable bonds is 73. The molecule has 2 rings (SSSR count). The second kappa shape index (κ2) is 90.3. The Kier molecular flexibility index (Phi) is 92.2. The van der Waals surface area contributed by atoms with Crippen molar-refractivity contribution in [1.82, 2.24) is 0 Å². The molecule has 0 spiro atoms. The van der Waals surface area contributed by atoms with Crippen LogP contribution in [0.4, 0.5) is 0 Å². The van der Waals surface area contributed by atoms with Gasteiger partial charge in [0.1, 0.15) is 0 Å². The molecule has 0 heteroatoms. The van der Waals surface area contributed by atoms with Crippen LogP contribution in [-0.4, -0.2) is 0 Å². The van der Waals surface area contributed by atoms with Crippen LogP contribution >= 0.6 is 0 Å². The summed E-state index contributed by atoms with van der Waals surface area (Å²) in [6.45, 7) is 84.4. The van der Waals surface area contributed by atoms with Gasteiger partial charge in [0, 0.05) is 0 Å². The Labute approximate surface area is 752 Å². The molecular weight excluding hydrogens is 1430 g/mol. The first-order chi connectivity index (χ1) is 57.3. The van der Waals surface area contributed by atoms with E-state index in [1.807, 2.05) is 0 Å². The van der Waals surface area contributed by atoms with Crippen LogP contribution in [0.3, 0.4) is 0 Å². The highest BCUT2D eigenvalue weighted by atomic mass is 14.3. The summed E-state index contributed by atoms with van der Waals surface area (Å²) in [6.07, 6.45) is 101. The highest BCUT2D eigenvalue weighted by Crippen LogP contribution is 2.38. The third kappa shape index (κ3) is 83.4. The predicted octanol–water partition coefficient (Wildman–Crippen LogP) is 42.7. The lowest BCUT2D eigenvalue weighted by Crippen LogP contribution is -2.08. The molecule has 0 bridgehead atoms. The third-order valence-corrected chi connectivity index (χ3v) is 26.3. The third-order valence-electron chi connectivity index (χ3n) is 26.3. The summed E-state index contributed by atoms with van der Waals surface area (Å²) in [7, 11) is 0. The molecule has 2 fully saturated rings. The minimum atomic E-state index is 0.573. The Bertz CT molecular complexity index is 2470. The molecular formula is C119H216. The van der Waals surface area contributed by atoms with E-state index >= 15 is 0 Å². The van der Waals surface area contributed by atoms with Gasteiger partial charge in [0.15, 0.2) is 0 Å². The molecule has 692 valence electrons. The Morgan fingerprint density at radius 2 is 0.546 bits per heavy atom. The highest BCUT2D eigenvalue weighted by Gasteiger charge is 2.22. The van der Waals surface area contributed by atoms with Crippen LogP contribution in [0.2, 0.25) is 0 Å². The first-order valence-corrected chi connectivity index (χ1v) is 52.1. The maximum atomic E-state index is 4.63. The van der Waals surface area contributed by atoms with Gasteiger partial charge in [-0.15, -0.1) is 26.3 Å². The molecule has 0 radical (unpaired) electrons. The monoisotopic (exact) mass is 1650 g/mol. The zero-order valence-electron chi connectivity index (χ0n) is 84.6. The molecule has 0 nitrogen and oxygen atoms in total. The maximum absolute atomic E-state index is 4.63. The summed E-state index contributed by atoms with van der Waals surface area (Å²) >= 11 is 0. The molecule has 0 amide bonds. The van der Waals surface area contributed by atoms with Crippen molar-refractivity contribution in [3.63, 3.8) is 0 Å². The van der Waals surface area contributed by atoms with Crippen molar-refractivity contribution in [2.75, 3.05) is 0 Å². The van der Waals surface area contributed by atoms with Crippen LogP contribution < -0.4 is 0 Å². The molecule has 119 heavy (non-hydrogen) atoms. The van der Waals surface area contributed by atoms with Crippen molar-refractivity contribution >= 4 is 0 Å². The van der Waals surface area contributed by atoms with E-state index in [1.165, 1.54) is 414 Å². The van der Waals surface area contributed by atoms with Gasteiger partial charge in [0.25, 0.3) is 0 Å². The smallest absolute Gasteiger partial charge is 0.0111 e. The highest BCUT2D eigenvalue weighted by molar-refractivity contribution is 5.24. The Morgan fingerprint density at radius 1 is 0.277 bits per heavy atom. The van der Waals surface area contributed by atoms with E-state index in [9.17, 15) is 0 Å². The van der Waals surface area contributed by atoms with Gasteiger partial charge in [-0.25, -0.2) is 0 Å². The summed E-state index contributed by atoms with van der Waals surface area (Å²) < 4.78 is 0. The maximum Gasteiger partial charge on any atom is -0.0111 e. The van der Waals surface area contributed by atoms with Crippen LogP contribution in [0.15, 0.2) is 182 Å². The average molecular weight is 1650 g/mol. The largest absolute Gasteiger partial charge is 0.100 e. The normalized spacial score (nSPS) is 15.3. The fourth-order valence-corrected chi connectivity index (χ4v) is 16.9. The lowest BCUT2D eigenvalue weighted by molar-refractivity contribution is 0.406. The van der Waals surface area contributed by atoms with Gasteiger partial charge in [-0.05, 0) is 286 Å². The van der Waals surface area contributed by atoms with Gasteiger partial charge < -0.3 is 0 Å². The Hall–Kier alpha value is -3.90. The van der Waals surface area contributed by atoms with Crippen molar-refractivity contribution in [2.24, 2.45) is 53.3 Å². The van der Waals surface area contributed by atoms with Crippen LogP contribution in [0.25, 0.3) is 0 Å². The topological polar surface area (TPSA) is 0 Å². The van der Waals surface area contributed by atoms with Crippen LogP contribution in [0.5, 0.6) is 0 Å². The van der Waals surface area contributed by atoms with Gasteiger partial charge in [0.05, 0.1) is 0 Å². The molecule has 0 aliphatic heterocycles. The second-order valence-corrected chi connectivity index (χ2v) is 38.5. The van der Waals surface area contributed by atoms with Crippen molar-refractivity contribution in [3.8, 4) is 0 Å². The molecule has 0 aromatic carbocycles. The van der Waals surface area contributed by atoms with Crippen LogP contribution in [0.1, 0.15) is 522 Å². The van der Waals surface area contributed by atoms with Crippen molar-refractivity contribution < 1.29 is 0 Å². The summed E-state index contributed by atoms with van der Waals surface area (Å²) in [5.74, 6) is 7.37. The lowest BCUT2D eigenvalue weighted by Gasteiger charge is -2.23. The molecule has 0 heterocycles. The van der Waals surface area contributed by atoms with E-state index in [0.717, 1.165) is 86.9 Å². The summed E-state index contributed by atoms with van der Waals surface area (Å²) in [6, 6.07) is 0. The molecule has 0 aromatic heterocycles. The molecule has 0 saturated heterocycles. The molecule has 0 aromatic rings. The van der Waals surface area contributed by atoms with E-state index in [1.54, 1.807) is 0 Å². The zero-order valence-corrected chi connectivity index (χ0v) is 84.6. The standard InChI is InChI=1S/C36H66.C27H50.2C19H30.2C9H20/c1-9-13-23-34(11-3)28-26-32(7)30-36(33(8)27-29-35(12-4)24-14-10-2)25-21-19-17-15-16-18-20-22-31(5)6;1-7-10-19-26(8-2)22-21-25(6)23-27(9-3)20-17-15-13-11-12-14-16-18-24(4)5;2*1-16(2)12-10-8-6-5-7-9-11-13-19-15-17(3)14-18(19)4;2*1-4-7-8-9(5-2)6-3/h19,21,34-36H,5,7-18,20,22-30H2,1-4,6H3;15,17,26-27H,4,6-14,16,18-23H2,1-3,5H3;2*9,11,19H,1,3-8,10,12-15H2,2H3;2*9H,4-8H2,1-3H3/b21-19+;17-15+;2*11-9+;;. The molecule has 0 N–H and O–H groups in total. The van der Waals surface area contributed by atoms with E-state index in [0.29, 0.717) is 17.8 Å². The minimum absolute atomic E-state index is 0.573. The van der Waals surface area contributed by atoms with Crippen molar-refractivity contribution in [3.05, 3.63) is 182 Å². The van der Waals surface area contributed by atoms with Crippen LogP contribution in [-0.2, 0) is 0 Å². The van der Waals surface area contributed by atoms with Gasteiger partial charge >= 0.3 is 0 Å². The fraction of sp³-hybridized carbons (Fsp3) is 0.748. The van der Waals surface area contributed by atoms with Gasteiger partial charge in [-0.2, -0.15) is 0 Å². The average Bonchev–Trinajstić information content (AvgIpc) is 1.75. The quantitative estimate of drug-likeness (QED) is 0.0421. The van der Waals surface area contributed by atoms with Gasteiger partial charge in [-0.3, -0.25) is 0 Å². The summed E-state index contributed by atoms with van der Waals surface area (Å²) in [5, 5.41) is 0. The molecule has 2 saturated carbocycles. The van der Waals surface area contributed by atoms with Crippen molar-refractivity contribution in [1.29, 1.82) is 0 Å². The van der Waals surface area contributed by atoms with E-state index in [-0.39, 0.29) is 0 Å². The first kappa shape index (κ1) is 121. The SMILES string of the molecule is C=C(C)CCCCCC/C=C/CC(CC(=C)CCC(CC)CCCC)C(=C)CCC(CC)CCCC.C=C(C)CCCCCC/C=C/CC(CC)CC(=C)CCC(CC)CCCC.C=C(C)CCCCCC/C=C/CC1CC(=C)CC1=C.C=C(C)CCCCCC/C=C/CC1CC(=C)CC1=C.CCCCC(CC)CC.CCCCC(CC)CC. The molecule has 7 unspecified atom stereocenters. The number of allylic oxidation sites excluding steroid dienone is 19. The summed E-state index contributed by atoms with van der Waals surface area (Å²) in [5.41, 5.74) is 15.2. The zero-order chi connectivity index (χ0) is 89.8. The molecule has 2 aliphatic carbocycles. The molecule has 2 aliphatic rings. The van der Waals surface area contributed by atoms with E-state index < -0.39 is 0 Å². The number of unbranched alkanes of at least 4 members (excludes halogenated alkanes) is 21. The van der Waals surface area contributed by atoms with Gasteiger partial charge in [-0.1, -0.05) is 445 Å². The second-order valence-electron chi connectivity index (χ2n) is 38.5. The minimum Gasteiger partial charge on any atom is -0.100 e. The lowest BCUT2D eigenvalue weighted by atomic mass is 9.83.